The molecule has 0 saturated heterocycles. The van der Waals surface area contributed by atoms with Gasteiger partial charge >= 0.3 is 0 Å². The summed E-state index contributed by atoms with van der Waals surface area (Å²) in [6.07, 6.45) is 1.65. The molecule has 0 radical (unpaired) electrons. The number of nitrogens with zero attached hydrogens (tertiary/aromatic N) is 5. The first kappa shape index (κ1) is 19.6. The second kappa shape index (κ2) is 7.72. The summed E-state index contributed by atoms with van der Waals surface area (Å²) in [6.45, 7) is 0. The number of carbonyl (C=O) groups excluding carboxylic acids is 1. The Morgan fingerprint density at radius 1 is 1.16 bits per heavy atom. The number of rotatable bonds is 6. The fraction of sp³-hybridized carbons (Fsp3) is 0.238. The average molecular weight is 451 g/mol. The van der Waals surface area contributed by atoms with E-state index in [4.69, 9.17) is 26.3 Å². The highest BCUT2D eigenvalue weighted by molar-refractivity contribution is 7.18. The van der Waals surface area contributed by atoms with Crippen LogP contribution in [0, 0.1) is 11.3 Å². The molecule has 0 unspecified atom stereocenters. The van der Waals surface area contributed by atoms with Gasteiger partial charge in [0.15, 0.2) is 0 Å². The quantitative estimate of drug-likeness (QED) is 0.475. The summed E-state index contributed by atoms with van der Waals surface area (Å²) in [5, 5.41) is 21.2. The Hall–Kier alpha value is -3.35. The summed E-state index contributed by atoms with van der Waals surface area (Å²) in [7, 11) is 0. The molecule has 1 aromatic carbocycles. The molecule has 5 rings (SSSR count). The zero-order valence-electron chi connectivity index (χ0n) is 16.1. The molecule has 8 nitrogen and oxygen atoms in total. The summed E-state index contributed by atoms with van der Waals surface area (Å²) in [6, 6.07) is 13.5. The van der Waals surface area contributed by atoms with E-state index >= 15 is 0 Å². The van der Waals surface area contributed by atoms with Gasteiger partial charge in [-0.1, -0.05) is 35.1 Å². The number of fused-ring (bicyclic) bond motifs is 1. The molecule has 154 valence electrons. The second-order valence-corrected chi connectivity index (χ2v) is 8.82. The molecule has 4 aromatic rings. The molecule has 1 amide bonds. The number of nitrogens with one attached hydrogen (secondary N) is 1. The van der Waals surface area contributed by atoms with Gasteiger partial charge in [0.1, 0.15) is 27.3 Å². The van der Waals surface area contributed by atoms with Gasteiger partial charge in [0.05, 0.1) is 18.2 Å². The minimum absolute atomic E-state index is 0.0533. The third kappa shape index (κ3) is 4.26. The van der Waals surface area contributed by atoms with Crippen molar-refractivity contribution in [3.05, 3.63) is 58.2 Å². The Labute approximate surface area is 185 Å². The number of pyridine rings is 1. The minimum Gasteiger partial charge on any atom is -0.424 e. The molecule has 0 aliphatic heterocycles. The molecule has 1 saturated carbocycles. The molecule has 0 bridgehead atoms. The maximum absolute atomic E-state index is 12.1. The van der Waals surface area contributed by atoms with Gasteiger partial charge in [0, 0.05) is 10.6 Å². The van der Waals surface area contributed by atoms with Crippen molar-refractivity contribution in [1.82, 2.24) is 25.5 Å². The molecule has 0 spiro atoms. The van der Waals surface area contributed by atoms with Crippen molar-refractivity contribution >= 4 is 39.2 Å². The first-order valence-electron chi connectivity index (χ1n) is 9.58. The fourth-order valence-electron chi connectivity index (χ4n) is 3.12. The number of carbonyl (C=O) groups is 1. The lowest BCUT2D eigenvalue weighted by atomic mass is 10.1. The lowest BCUT2D eigenvalue weighted by Crippen LogP contribution is -2.36. The Morgan fingerprint density at radius 2 is 1.94 bits per heavy atom. The van der Waals surface area contributed by atoms with Gasteiger partial charge in [-0.3, -0.25) is 4.79 Å². The lowest BCUT2D eigenvalue weighted by Gasteiger charge is -2.06. The number of halogens is 1. The summed E-state index contributed by atoms with van der Waals surface area (Å²) in [5.74, 6) is 0.292. The van der Waals surface area contributed by atoms with E-state index in [-0.39, 0.29) is 18.2 Å². The molecule has 10 heteroatoms. The number of aromatic nitrogens is 4. The lowest BCUT2D eigenvalue weighted by molar-refractivity contribution is -0.121. The van der Waals surface area contributed by atoms with E-state index < -0.39 is 5.54 Å². The maximum Gasteiger partial charge on any atom is 0.230 e. The smallest absolute Gasteiger partial charge is 0.230 e. The van der Waals surface area contributed by atoms with Crippen molar-refractivity contribution in [2.45, 2.75) is 31.2 Å². The Bertz CT molecular complexity index is 1320. The number of hydrogen-bond donors (Lipinski definition) is 1. The van der Waals surface area contributed by atoms with Gasteiger partial charge in [-0.25, -0.2) is 9.97 Å². The highest BCUT2D eigenvalue weighted by Gasteiger charge is 2.44. The van der Waals surface area contributed by atoms with Gasteiger partial charge in [0.25, 0.3) is 0 Å². The van der Waals surface area contributed by atoms with Crippen LogP contribution in [-0.2, 0) is 17.6 Å². The largest absolute Gasteiger partial charge is 0.424 e. The zero-order valence-corrected chi connectivity index (χ0v) is 17.7. The first-order chi connectivity index (χ1) is 15.0. The molecular formula is C21H15ClN6O2S. The van der Waals surface area contributed by atoms with Crippen molar-refractivity contribution in [3.8, 4) is 17.3 Å². The number of hydrogen-bond acceptors (Lipinski definition) is 8. The Kier molecular flexibility index (Phi) is 4.88. The molecule has 3 aromatic heterocycles. The van der Waals surface area contributed by atoms with E-state index in [0.717, 1.165) is 26.6 Å². The fourth-order valence-corrected chi connectivity index (χ4v) is 4.17. The van der Waals surface area contributed by atoms with Crippen LogP contribution in [0.2, 0.25) is 5.02 Å². The predicted molar refractivity (Wildman–Crippen MR) is 114 cm³/mol. The number of thiazole rings is 1. The van der Waals surface area contributed by atoms with Crippen LogP contribution in [0.25, 0.3) is 21.6 Å². The van der Waals surface area contributed by atoms with Crippen molar-refractivity contribution < 1.29 is 9.21 Å². The van der Waals surface area contributed by atoms with Crippen LogP contribution in [0.15, 0.2) is 40.8 Å². The van der Waals surface area contributed by atoms with Crippen molar-refractivity contribution in [1.29, 1.82) is 5.26 Å². The van der Waals surface area contributed by atoms with Crippen LogP contribution in [0.1, 0.15) is 29.6 Å². The molecule has 1 aliphatic rings. The Balaban J connectivity index is 1.28. The normalized spacial score (nSPS) is 14.3. The topological polar surface area (TPSA) is 118 Å². The summed E-state index contributed by atoms with van der Waals surface area (Å²) >= 11 is 7.41. The molecule has 1 N–H and O–H groups in total. The van der Waals surface area contributed by atoms with Crippen LogP contribution >= 0.6 is 22.9 Å². The van der Waals surface area contributed by atoms with Gasteiger partial charge in [-0.2, -0.15) is 5.26 Å². The number of amides is 1. The maximum atomic E-state index is 12.1. The SMILES string of the molecule is N#CC1(NC(=O)Cc2nnc(Cc3nc4ccc(-c5ccc(Cl)cc5)nc4s3)o2)CC1. The molecule has 1 aliphatic carbocycles. The van der Waals surface area contributed by atoms with Crippen LogP contribution in [0.5, 0.6) is 0 Å². The second-order valence-electron chi connectivity index (χ2n) is 7.32. The standard InChI is InChI=1S/C21H15ClN6O2S/c22-13-3-1-12(2-4-13)14-5-6-15-20(25-14)31-19(24-15)10-18-28-27-17(30-18)9-16(29)26-21(11-23)7-8-21/h1-6H,7-10H2,(H,26,29). The van der Waals surface area contributed by atoms with Crippen LogP contribution in [-0.4, -0.2) is 31.6 Å². The minimum atomic E-state index is -0.710. The molecule has 1 fully saturated rings. The van der Waals surface area contributed by atoms with Gasteiger partial charge < -0.3 is 9.73 Å². The van der Waals surface area contributed by atoms with Crippen molar-refractivity contribution in [2.75, 3.05) is 0 Å². The average Bonchev–Trinajstić information content (AvgIpc) is 3.20. The predicted octanol–water partition coefficient (Wildman–Crippen LogP) is 3.70. The van der Waals surface area contributed by atoms with Gasteiger partial charge in [-0.05, 0) is 37.1 Å². The number of benzene rings is 1. The van der Waals surface area contributed by atoms with Crippen LogP contribution in [0.3, 0.4) is 0 Å². The Morgan fingerprint density at radius 3 is 2.68 bits per heavy atom. The van der Waals surface area contributed by atoms with Crippen LogP contribution in [0.4, 0.5) is 0 Å². The van der Waals surface area contributed by atoms with E-state index in [1.165, 1.54) is 11.3 Å². The van der Waals surface area contributed by atoms with E-state index in [2.05, 4.69) is 26.6 Å². The van der Waals surface area contributed by atoms with Gasteiger partial charge in [-0.15, -0.1) is 10.2 Å². The highest BCUT2D eigenvalue weighted by atomic mass is 35.5. The van der Waals surface area contributed by atoms with Crippen molar-refractivity contribution in [3.63, 3.8) is 0 Å². The molecule has 0 atom stereocenters. The third-order valence-corrected chi connectivity index (χ3v) is 6.12. The summed E-state index contributed by atoms with van der Waals surface area (Å²) < 4.78 is 5.59. The molecule has 3 heterocycles. The molecule has 31 heavy (non-hydrogen) atoms. The van der Waals surface area contributed by atoms with E-state index in [9.17, 15) is 4.79 Å². The van der Waals surface area contributed by atoms with Gasteiger partial charge in [0.2, 0.25) is 17.7 Å². The monoisotopic (exact) mass is 450 g/mol. The zero-order chi connectivity index (χ0) is 21.4. The molecular weight excluding hydrogens is 436 g/mol. The van der Waals surface area contributed by atoms with Crippen molar-refractivity contribution in [2.24, 2.45) is 0 Å². The summed E-state index contributed by atoms with van der Waals surface area (Å²) in [4.78, 5) is 22.2. The highest BCUT2D eigenvalue weighted by Crippen LogP contribution is 2.34. The summed E-state index contributed by atoms with van der Waals surface area (Å²) in [5.41, 5.74) is 1.91. The first-order valence-corrected chi connectivity index (χ1v) is 10.8. The number of nitriles is 1. The third-order valence-electron chi connectivity index (χ3n) is 4.91. The van der Waals surface area contributed by atoms with E-state index in [1.54, 1.807) is 0 Å². The van der Waals surface area contributed by atoms with E-state index in [0.29, 0.717) is 30.2 Å². The van der Waals surface area contributed by atoms with Crippen LogP contribution < -0.4 is 5.32 Å². The van der Waals surface area contributed by atoms with E-state index in [1.807, 2.05) is 36.4 Å².